The highest BCUT2D eigenvalue weighted by atomic mass is 32.2. The number of carbonyl (C=O) groups excluding carboxylic acids is 1. The van der Waals surface area contributed by atoms with Gasteiger partial charge in [0.1, 0.15) is 10.6 Å². The van der Waals surface area contributed by atoms with E-state index < -0.39 is 26.0 Å². The summed E-state index contributed by atoms with van der Waals surface area (Å²) < 4.78 is 59.9. The zero-order chi connectivity index (χ0) is 24.1. The third kappa shape index (κ3) is 6.32. The Balaban J connectivity index is 1.65. The Labute approximate surface area is 195 Å². The summed E-state index contributed by atoms with van der Waals surface area (Å²) in [6.45, 7) is 2.65. The Morgan fingerprint density at radius 3 is 2.30 bits per heavy atom. The first-order valence-corrected chi connectivity index (χ1v) is 13.6. The maximum absolute atomic E-state index is 13.1. The van der Waals surface area contributed by atoms with Crippen LogP contribution in [-0.4, -0.2) is 53.8 Å². The molecule has 1 aliphatic rings. The van der Waals surface area contributed by atoms with E-state index in [1.807, 2.05) is 6.92 Å². The van der Waals surface area contributed by atoms with E-state index in [0.717, 1.165) is 24.8 Å². The number of sulfonamides is 2. The number of methoxy groups -OCH3 is 1. The van der Waals surface area contributed by atoms with Crippen LogP contribution in [0.15, 0.2) is 52.3 Å². The third-order valence-corrected chi connectivity index (χ3v) is 8.75. The van der Waals surface area contributed by atoms with E-state index in [1.54, 1.807) is 18.2 Å². The van der Waals surface area contributed by atoms with E-state index in [4.69, 9.17) is 4.74 Å². The second-order valence-electron chi connectivity index (χ2n) is 7.84. The van der Waals surface area contributed by atoms with Crippen molar-refractivity contribution < 1.29 is 26.4 Å². The number of rotatable bonds is 9. The van der Waals surface area contributed by atoms with Crippen LogP contribution in [0.25, 0.3) is 0 Å². The number of nitrogens with zero attached hydrogens (tertiary/aromatic N) is 1. The molecule has 0 spiro atoms. The molecule has 33 heavy (non-hydrogen) atoms. The van der Waals surface area contributed by atoms with Crippen LogP contribution >= 0.6 is 0 Å². The zero-order valence-corrected chi connectivity index (χ0v) is 20.3. The molecule has 11 heteroatoms. The van der Waals surface area contributed by atoms with Crippen molar-refractivity contribution in [2.45, 2.75) is 42.4 Å². The molecular weight excluding hydrogens is 466 g/mol. The standard InChI is InChI=1S/C22H29N3O6S2/c1-17-6-9-19(10-7-17)32(27,28)23-13-12-22(26)24-18-8-11-20(31-2)21(16-18)33(29,30)25-14-4-3-5-15-25/h6-11,16,23H,3-5,12-15H2,1-2H3,(H,24,26). The first-order valence-electron chi connectivity index (χ1n) is 10.7. The molecule has 2 N–H and O–H groups in total. The van der Waals surface area contributed by atoms with E-state index in [1.165, 1.54) is 35.7 Å². The fraction of sp³-hybridized carbons (Fsp3) is 0.409. The van der Waals surface area contributed by atoms with Crippen molar-refractivity contribution in [3.63, 3.8) is 0 Å². The van der Waals surface area contributed by atoms with E-state index >= 15 is 0 Å². The van der Waals surface area contributed by atoms with Gasteiger partial charge in [0.05, 0.1) is 12.0 Å². The molecule has 0 unspecified atom stereocenters. The Kier molecular flexibility index (Phi) is 8.11. The van der Waals surface area contributed by atoms with Gasteiger partial charge in [-0.2, -0.15) is 4.31 Å². The van der Waals surface area contributed by atoms with Crippen LogP contribution in [0.3, 0.4) is 0 Å². The van der Waals surface area contributed by atoms with Crippen molar-refractivity contribution in [2.24, 2.45) is 0 Å². The molecule has 1 heterocycles. The number of hydrogen-bond donors (Lipinski definition) is 2. The minimum absolute atomic E-state index is 0.00947. The lowest BCUT2D eigenvalue weighted by molar-refractivity contribution is -0.116. The maximum atomic E-state index is 13.1. The summed E-state index contributed by atoms with van der Waals surface area (Å²) in [5, 5.41) is 2.63. The van der Waals surface area contributed by atoms with Gasteiger partial charge < -0.3 is 10.1 Å². The Hall–Kier alpha value is -2.47. The third-order valence-electron chi connectivity index (χ3n) is 5.36. The molecule has 2 aromatic carbocycles. The van der Waals surface area contributed by atoms with Crippen LogP contribution in [0.4, 0.5) is 5.69 Å². The van der Waals surface area contributed by atoms with Crippen molar-refractivity contribution in [1.82, 2.24) is 9.03 Å². The molecule has 0 radical (unpaired) electrons. The Bertz CT molecular complexity index is 1190. The lowest BCUT2D eigenvalue weighted by atomic mass is 10.2. The van der Waals surface area contributed by atoms with Gasteiger partial charge in [-0.05, 0) is 50.1 Å². The first kappa shape index (κ1) is 25.2. The SMILES string of the molecule is COc1ccc(NC(=O)CCNS(=O)(=O)c2ccc(C)cc2)cc1S(=O)(=O)N1CCCCC1. The van der Waals surface area contributed by atoms with Crippen LogP contribution in [0.5, 0.6) is 5.75 Å². The molecule has 0 bridgehead atoms. The number of carbonyl (C=O) groups is 1. The van der Waals surface area contributed by atoms with E-state index in [9.17, 15) is 21.6 Å². The lowest BCUT2D eigenvalue weighted by Gasteiger charge is -2.26. The molecule has 1 fully saturated rings. The summed E-state index contributed by atoms with van der Waals surface area (Å²) in [4.78, 5) is 12.5. The van der Waals surface area contributed by atoms with Crippen LogP contribution in [0, 0.1) is 6.92 Å². The Morgan fingerprint density at radius 1 is 1.00 bits per heavy atom. The van der Waals surface area contributed by atoms with E-state index in [-0.39, 0.29) is 34.2 Å². The molecule has 3 rings (SSSR count). The van der Waals surface area contributed by atoms with Crippen LogP contribution in [0.1, 0.15) is 31.2 Å². The highest BCUT2D eigenvalue weighted by molar-refractivity contribution is 7.89. The summed E-state index contributed by atoms with van der Waals surface area (Å²) in [7, 11) is -6.10. The fourth-order valence-electron chi connectivity index (χ4n) is 3.52. The average molecular weight is 496 g/mol. The van der Waals surface area contributed by atoms with Crippen molar-refractivity contribution in [3.8, 4) is 5.75 Å². The number of ether oxygens (including phenoxy) is 1. The highest BCUT2D eigenvalue weighted by Gasteiger charge is 2.29. The second kappa shape index (κ2) is 10.6. The monoisotopic (exact) mass is 495 g/mol. The minimum atomic E-state index is -3.77. The molecule has 0 saturated carbocycles. The molecule has 0 aliphatic carbocycles. The van der Waals surface area contributed by atoms with Gasteiger partial charge >= 0.3 is 0 Å². The van der Waals surface area contributed by atoms with Crippen LogP contribution < -0.4 is 14.8 Å². The molecule has 0 atom stereocenters. The minimum Gasteiger partial charge on any atom is -0.495 e. The van der Waals surface area contributed by atoms with Crippen LogP contribution in [-0.2, 0) is 24.8 Å². The first-order chi connectivity index (χ1) is 15.6. The van der Waals surface area contributed by atoms with Gasteiger partial charge in [0, 0.05) is 31.7 Å². The Morgan fingerprint density at radius 2 is 1.67 bits per heavy atom. The molecule has 180 valence electrons. The van der Waals surface area contributed by atoms with Gasteiger partial charge in [-0.15, -0.1) is 0 Å². The number of hydrogen-bond acceptors (Lipinski definition) is 6. The molecule has 1 aliphatic heterocycles. The van der Waals surface area contributed by atoms with Crippen LogP contribution in [0.2, 0.25) is 0 Å². The normalized spacial score (nSPS) is 15.2. The summed E-state index contributed by atoms with van der Waals surface area (Å²) in [6.07, 6.45) is 2.48. The fourth-order valence-corrected chi connectivity index (χ4v) is 6.25. The quantitative estimate of drug-likeness (QED) is 0.551. The molecule has 1 amide bonds. The predicted molar refractivity (Wildman–Crippen MR) is 125 cm³/mol. The molecular formula is C22H29N3O6S2. The second-order valence-corrected chi connectivity index (χ2v) is 11.5. The molecule has 9 nitrogen and oxygen atoms in total. The number of amides is 1. The van der Waals surface area contributed by atoms with Gasteiger partial charge in [-0.25, -0.2) is 21.6 Å². The average Bonchev–Trinajstić information content (AvgIpc) is 2.79. The summed E-state index contributed by atoms with van der Waals surface area (Å²) in [5.41, 5.74) is 1.23. The number of piperidine rings is 1. The summed E-state index contributed by atoms with van der Waals surface area (Å²) in [6, 6.07) is 10.8. The van der Waals surface area contributed by atoms with Gasteiger partial charge in [0.15, 0.2) is 0 Å². The molecule has 0 aromatic heterocycles. The van der Waals surface area contributed by atoms with Crippen molar-refractivity contribution in [3.05, 3.63) is 48.0 Å². The van der Waals surface area contributed by atoms with Gasteiger partial charge in [0.2, 0.25) is 26.0 Å². The maximum Gasteiger partial charge on any atom is 0.246 e. The van der Waals surface area contributed by atoms with Gasteiger partial charge in [-0.1, -0.05) is 24.1 Å². The van der Waals surface area contributed by atoms with Crippen molar-refractivity contribution >= 4 is 31.6 Å². The molecule has 1 saturated heterocycles. The number of benzene rings is 2. The van der Waals surface area contributed by atoms with Gasteiger partial charge in [0.25, 0.3) is 0 Å². The van der Waals surface area contributed by atoms with Crippen molar-refractivity contribution in [2.75, 3.05) is 32.1 Å². The van der Waals surface area contributed by atoms with E-state index in [2.05, 4.69) is 10.0 Å². The topological polar surface area (TPSA) is 122 Å². The largest absolute Gasteiger partial charge is 0.495 e. The van der Waals surface area contributed by atoms with Crippen molar-refractivity contribution in [1.29, 1.82) is 0 Å². The number of anilines is 1. The smallest absolute Gasteiger partial charge is 0.246 e. The van der Waals surface area contributed by atoms with Gasteiger partial charge in [-0.3, -0.25) is 4.79 Å². The number of nitrogens with one attached hydrogen (secondary N) is 2. The predicted octanol–water partition coefficient (Wildman–Crippen LogP) is 2.49. The summed E-state index contributed by atoms with van der Waals surface area (Å²) in [5.74, 6) is -0.252. The number of aryl methyl sites for hydroxylation is 1. The summed E-state index contributed by atoms with van der Waals surface area (Å²) >= 11 is 0. The van der Waals surface area contributed by atoms with E-state index in [0.29, 0.717) is 13.1 Å². The molecule has 2 aromatic rings. The lowest BCUT2D eigenvalue weighted by Crippen LogP contribution is -2.35. The zero-order valence-electron chi connectivity index (χ0n) is 18.7. The highest BCUT2D eigenvalue weighted by Crippen LogP contribution is 2.31.